The van der Waals surface area contributed by atoms with E-state index in [2.05, 4.69) is 0 Å². The highest BCUT2D eigenvalue weighted by Crippen LogP contribution is 2.21. The third-order valence-electron chi connectivity index (χ3n) is 1.17. The van der Waals surface area contributed by atoms with Gasteiger partial charge in [-0.3, -0.25) is 0 Å². The largest absolute Gasteiger partial charge is 0.479 e. The zero-order valence-electron chi connectivity index (χ0n) is 5.59. The van der Waals surface area contributed by atoms with Crippen molar-refractivity contribution >= 4 is 5.97 Å². The van der Waals surface area contributed by atoms with Crippen molar-refractivity contribution in [3.8, 4) is 0 Å². The van der Waals surface area contributed by atoms with Crippen LogP contribution in [0.15, 0.2) is 0 Å². The topological polar surface area (TPSA) is 57.5 Å². The van der Waals surface area contributed by atoms with Crippen molar-refractivity contribution in [3.05, 3.63) is 0 Å². The quantitative estimate of drug-likeness (QED) is 0.648. The van der Waals surface area contributed by atoms with Crippen LogP contribution in [0.3, 0.4) is 0 Å². The normalized spacial score (nSPS) is 19.5. The molecule has 0 aliphatic carbocycles. The van der Waals surface area contributed by atoms with Crippen molar-refractivity contribution in [1.29, 1.82) is 0 Å². The zero-order valence-corrected chi connectivity index (χ0v) is 5.59. The second-order valence-electron chi connectivity index (χ2n) is 2.23. The number of hydrogen-bond acceptors (Lipinski definition) is 2. The van der Waals surface area contributed by atoms with Gasteiger partial charge in [0.15, 0.2) is 5.60 Å². The van der Waals surface area contributed by atoms with E-state index in [-0.39, 0.29) is 0 Å². The van der Waals surface area contributed by atoms with E-state index in [0.29, 0.717) is 6.92 Å². The Kier molecular flexibility index (Phi) is 2.86. The molecule has 0 bridgehead atoms. The van der Waals surface area contributed by atoms with E-state index < -0.39 is 24.2 Å². The number of hydrogen-bond donors (Lipinski definition) is 2. The molecular formula is C5H7F3O3. The maximum absolute atomic E-state index is 12.2. The van der Waals surface area contributed by atoms with E-state index in [4.69, 9.17) is 10.2 Å². The average Bonchev–Trinajstić information content (AvgIpc) is 1.85. The van der Waals surface area contributed by atoms with Crippen LogP contribution < -0.4 is 0 Å². The number of carbonyl (C=O) groups is 1. The minimum atomic E-state index is -3.42. The first-order valence-corrected chi connectivity index (χ1v) is 2.67. The monoisotopic (exact) mass is 172 g/mol. The maximum Gasteiger partial charge on any atom is 0.341 e. The molecule has 0 amide bonds. The number of aliphatic carboxylic acids is 1. The molecule has 0 aliphatic heterocycles. The molecule has 6 heteroatoms. The first kappa shape index (κ1) is 10.2. The minimum absolute atomic E-state index is 0.427. The van der Waals surface area contributed by atoms with E-state index in [1.807, 2.05) is 0 Å². The van der Waals surface area contributed by atoms with Crippen LogP contribution in [0.2, 0.25) is 0 Å². The number of rotatable bonds is 3. The lowest BCUT2D eigenvalue weighted by Gasteiger charge is -2.22. The molecule has 11 heavy (non-hydrogen) atoms. The zero-order chi connectivity index (χ0) is 9.23. The molecule has 0 spiro atoms. The van der Waals surface area contributed by atoms with Gasteiger partial charge in [0.1, 0.15) is 0 Å². The van der Waals surface area contributed by atoms with Crippen LogP contribution in [0, 0.1) is 0 Å². The SMILES string of the molecule is CC(O)(C(F)F)C(F)C(=O)O. The fraction of sp³-hybridized carbons (Fsp3) is 0.800. The summed E-state index contributed by atoms with van der Waals surface area (Å²) < 4.78 is 35.6. The summed E-state index contributed by atoms with van der Waals surface area (Å²) >= 11 is 0. The second-order valence-corrected chi connectivity index (χ2v) is 2.23. The summed E-state index contributed by atoms with van der Waals surface area (Å²) in [6.45, 7) is 0.427. The highest BCUT2D eigenvalue weighted by molar-refractivity contribution is 5.73. The second kappa shape index (κ2) is 3.08. The number of carboxylic acids is 1. The molecule has 0 rings (SSSR count). The minimum Gasteiger partial charge on any atom is -0.479 e. The Morgan fingerprint density at radius 1 is 1.45 bits per heavy atom. The van der Waals surface area contributed by atoms with E-state index in [9.17, 15) is 18.0 Å². The summed E-state index contributed by atoms with van der Waals surface area (Å²) in [5.41, 5.74) is -3.12. The maximum atomic E-state index is 12.2. The molecule has 2 atom stereocenters. The number of carboxylic acid groups (broad SMARTS) is 1. The molecule has 0 fully saturated rings. The van der Waals surface area contributed by atoms with Crippen LogP contribution in [-0.2, 0) is 4.79 Å². The summed E-state index contributed by atoms with van der Waals surface area (Å²) in [7, 11) is 0. The Labute approximate surface area is 60.4 Å². The van der Waals surface area contributed by atoms with Gasteiger partial charge >= 0.3 is 5.97 Å². The lowest BCUT2D eigenvalue weighted by atomic mass is 10.0. The van der Waals surface area contributed by atoms with Gasteiger partial charge in [0.25, 0.3) is 6.43 Å². The van der Waals surface area contributed by atoms with Gasteiger partial charge in [0, 0.05) is 0 Å². The fourth-order valence-corrected chi connectivity index (χ4v) is 0.361. The van der Waals surface area contributed by atoms with Crippen LogP contribution in [0.4, 0.5) is 13.2 Å². The molecule has 0 aliphatic rings. The van der Waals surface area contributed by atoms with Gasteiger partial charge in [0.2, 0.25) is 6.17 Å². The van der Waals surface area contributed by atoms with E-state index in [0.717, 1.165) is 0 Å². The molecule has 66 valence electrons. The Bertz CT molecular complexity index is 157. The van der Waals surface area contributed by atoms with Crippen LogP contribution in [-0.4, -0.2) is 34.4 Å². The van der Waals surface area contributed by atoms with Crippen molar-refractivity contribution in [2.45, 2.75) is 25.1 Å². The van der Waals surface area contributed by atoms with Gasteiger partial charge in [-0.15, -0.1) is 0 Å². The number of alkyl halides is 3. The number of halogens is 3. The molecule has 0 heterocycles. The molecule has 0 saturated heterocycles. The van der Waals surface area contributed by atoms with E-state index in [1.54, 1.807) is 0 Å². The van der Waals surface area contributed by atoms with Crippen molar-refractivity contribution < 1.29 is 28.2 Å². The summed E-state index contributed by atoms with van der Waals surface area (Å²) in [5, 5.41) is 16.4. The summed E-state index contributed by atoms with van der Waals surface area (Å²) in [4.78, 5) is 9.78. The van der Waals surface area contributed by atoms with Gasteiger partial charge in [-0.25, -0.2) is 18.0 Å². The first-order valence-electron chi connectivity index (χ1n) is 2.67. The molecular weight excluding hydrogens is 165 g/mol. The predicted molar refractivity (Wildman–Crippen MR) is 29.2 cm³/mol. The lowest BCUT2D eigenvalue weighted by Crippen LogP contribution is -2.47. The first-order chi connectivity index (χ1) is 4.80. The third-order valence-corrected chi connectivity index (χ3v) is 1.17. The predicted octanol–water partition coefficient (Wildman–Crippen LogP) is 0.425. The molecule has 0 aromatic carbocycles. The van der Waals surface area contributed by atoms with Gasteiger partial charge in [-0.2, -0.15) is 0 Å². The van der Waals surface area contributed by atoms with Gasteiger partial charge in [-0.1, -0.05) is 0 Å². The van der Waals surface area contributed by atoms with Crippen LogP contribution >= 0.6 is 0 Å². The Balaban J connectivity index is 4.41. The van der Waals surface area contributed by atoms with Crippen molar-refractivity contribution in [2.75, 3.05) is 0 Å². The lowest BCUT2D eigenvalue weighted by molar-refractivity contribution is -0.169. The van der Waals surface area contributed by atoms with Gasteiger partial charge < -0.3 is 10.2 Å². The van der Waals surface area contributed by atoms with Crippen LogP contribution in [0.1, 0.15) is 6.92 Å². The number of aliphatic hydroxyl groups is 1. The molecule has 0 aromatic rings. The molecule has 2 unspecified atom stereocenters. The standard InChI is InChI=1S/C5H7F3O3/c1-5(11,4(7)8)2(6)3(9)10/h2,4,11H,1H3,(H,9,10). The molecule has 3 nitrogen and oxygen atoms in total. The Morgan fingerprint density at radius 3 is 1.91 bits per heavy atom. The molecule has 2 N–H and O–H groups in total. The van der Waals surface area contributed by atoms with Crippen LogP contribution in [0.5, 0.6) is 0 Å². The highest BCUT2D eigenvalue weighted by Gasteiger charge is 2.45. The van der Waals surface area contributed by atoms with Crippen molar-refractivity contribution in [2.24, 2.45) is 0 Å². The molecule has 0 saturated carbocycles. The van der Waals surface area contributed by atoms with Gasteiger partial charge in [0.05, 0.1) is 0 Å². The molecule has 0 radical (unpaired) electrons. The summed E-state index contributed by atoms with van der Waals surface area (Å²) in [6.07, 6.45) is -6.39. The smallest absolute Gasteiger partial charge is 0.341 e. The third kappa shape index (κ3) is 2.07. The van der Waals surface area contributed by atoms with Crippen LogP contribution in [0.25, 0.3) is 0 Å². The van der Waals surface area contributed by atoms with E-state index in [1.165, 1.54) is 0 Å². The summed E-state index contributed by atoms with van der Waals surface area (Å²) in [6, 6.07) is 0. The average molecular weight is 172 g/mol. The van der Waals surface area contributed by atoms with E-state index >= 15 is 0 Å². The Morgan fingerprint density at radius 2 is 1.82 bits per heavy atom. The van der Waals surface area contributed by atoms with Crippen molar-refractivity contribution in [3.63, 3.8) is 0 Å². The summed E-state index contributed by atoms with van der Waals surface area (Å²) in [5.74, 6) is -2.10. The fourth-order valence-electron chi connectivity index (χ4n) is 0.361. The van der Waals surface area contributed by atoms with Crippen molar-refractivity contribution in [1.82, 2.24) is 0 Å². The van der Waals surface area contributed by atoms with Gasteiger partial charge in [-0.05, 0) is 6.92 Å². The molecule has 0 aromatic heterocycles. The Hall–Kier alpha value is -0.780. The highest BCUT2D eigenvalue weighted by atomic mass is 19.3.